The summed E-state index contributed by atoms with van der Waals surface area (Å²) in [6, 6.07) is 7.60. The van der Waals surface area contributed by atoms with Crippen molar-refractivity contribution in [2.75, 3.05) is 26.4 Å². The third kappa shape index (κ3) is 8.50. The van der Waals surface area contributed by atoms with E-state index in [1.165, 1.54) is 30.1 Å². The Hall–Kier alpha value is -1.77. The molecule has 1 N–H and O–H groups in total. The molecule has 0 aliphatic carbocycles. The lowest BCUT2D eigenvalue weighted by Gasteiger charge is -2.21. The van der Waals surface area contributed by atoms with Gasteiger partial charge in [0.25, 0.3) is 0 Å². The van der Waals surface area contributed by atoms with Gasteiger partial charge in [-0.3, -0.25) is 18.6 Å². The van der Waals surface area contributed by atoms with E-state index < -0.39 is 23.8 Å². The van der Waals surface area contributed by atoms with Crippen molar-refractivity contribution in [2.45, 2.75) is 12.7 Å². The number of rotatable bonds is 7. The Morgan fingerprint density at radius 1 is 1.29 bits per heavy atom. The Balaban J connectivity index is 0.00000171. The van der Waals surface area contributed by atoms with Crippen molar-refractivity contribution in [1.29, 1.82) is 0 Å². The number of alkyl halides is 2. The molecule has 2 unspecified atom stereocenters. The number of thioether (sulfide) groups is 1. The summed E-state index contributed by atoms with van der Waals surface area (Å²) >= 11 is 7.05. The van der Waals surface area contributed by atoms with Gasteiger partial charge in [-0.15, -0.1) is 0 Å². The maximum Gasteiger partial charge on any atom is 0.313 e. The van der Waals surface area contributed by atoms with Gasteiger partial charge in [0.1, 0.15) is 12.4 Å². The van der Waals surface area contributed by atoms with Crippen LogP contribution in [0.15, 0.2) is 42.7 Å². The molecule has 0 fully saturated rings. The Kier molecular flexibility index (Phi) is 14.2. The number of aliphatic hydroxyl groups excluding tert-OH is 1. The Morgan fingerprint density at radius 2 is 1.96 bits per heavy atom. The van der Waals surface area contributed by atoms with E-state index >= 15 is 0 Å². The first-order valence-electron chi connectivity index (χ1n) is 7.96. The van der Waals surface area contributed by atoms with Crippen LogP contribution < -0.4 is 0 Å². The fourth-order valence-electron chi connectivity index (χ4n) is 2.14. The molecule has 156 valence electrons. The smallest absolute Gasteiger partial charge is 0.313 e. The predicted octanol–water partition coefficient (Wildman–Crippen LogP) is 4.80. The van der Waals surface area contributed by atoms with E-state index in [9.17, 15) is 23.1 Å². The molecule has 2 rings (SSSR count). The van der Waals surface area contributed by atoms with Gasteiger partial charge in [0.2, 0.25) is 0 Å². The molecule has 2 atom stereocenters. The van der Waals surface area contributed by atoms with E-state index in [-0.39, 0.29) is 11.6 Å². The van der Waals surface area contributed by atoms with E-state index in [1.54, 1.807) is 24.4 Å². The van der Waals surface area contributed by atoms with Crippen LogP contribution in [0, 0.1) is 11.7 Å². The number of pyridine rings is 1. The fraction of sp³-hybridized carbons (Fsp3) is 0.368. The quantitative estimate of drug-likeness (QED) is 0.630. The van der Waals surface area contributed by atoms with Gasteiger partial charge in [-0.25, -0.2) is 4.39 Å². The van der Waals surface area contributed by atoms with Crippen LogP contribution in [-0.4, -0.2) is 42.4 Å². The molecule has 0 radical (unpaired) electrons. The normalized spacial score (nSPS) is 11.9. The Morgan fingerprint density at radius 3 is 2.50 bits per heavy atom. The number of aliphatic hydroxyl groups is 1. The molecule has 4 nitrogen and oxygen atoms in total. The second-order valence-electron chi connectivity index (χ2n) is 5.15. The van der Waals surface area contributed by atoms with E-state index in [0.717, 1.165) is 0 Å². The molecule has 28 heavy (non-hydrogen) atoms. The average Bonchev–Trinajstić information content (AvgIpc) is 2.75. The second kappa shape index (κ2) is 15.2. The summed E-state index contributed by atoms with van der Waals surface area (Å²) in [6.07, 6.45) is 3.93. The summed E-state index contributed by atoms with van der Waals surface area (Å²) in [7, 11) is 1.00. The lowest BCUT2D eigenvalue weighted by molar-refractivity contribution is -0.153. The van der Waals surface area contributed by atoms with Crippen molar-refractivity contribution in [3.05, 3.63) is 64.7 Å². The zero-order chi connectivity index (χ0) is 21.5. The van der Waals surface area contributed by atoms with Crippen molar-refractivity contribution in [3.63, 3.8) is 0 Å². The zero-order valence-electron chi connectivity index (χ0n) is 15.7. The topological polar surface area (TPSA) is 59.4 Å². The third-order valence-electron chi connectivity index (χ3n) is 3.42. The highest BCUT2D eigenvalue weighted by molar-refractivity contribution is 7.98. The van der Waals surface area contributed by atoms with Gasteiger partial charge in [0.15, 0.2) is 0 Å². The van der Waals surface area contributed by atoms with Crippen molar-refractivity contribution < 1.29 is 27.8 Å². The van der Waals surface area contributed by atoms with Gasteiger partial charge < -0.3 is 9.84 Å². The lowest BCUT2D eigenvalue weighted by atomic mass is 9.99. The average molecular weight is 438 g/mol. The van der Waals surface area contributed by atoms with Crippen molar-refractivity contribution in [1.82, 2.24) is 4.98 Å². The summed E-state index contributed by atoms with van der Waals surface area (Å²) in [5, 5.41) is 10.4. The van der Waals surface area contributed by atoms with Crippen LogP contribution in [-0.2, 0) is 16.1 Å². The first-order valence-corrected chi connectivity index (χ1v) is 9.73. The number of benzene rings is 1. The first-order chi connectivity index (χ1) is 13.5. The maximum absolute atomic E-state index is 13.4. The number of hydrogen-bond donors (Lipinski definition) is 1. The Labute approximate surface area is 172 Å². The minimum Gasteiger partial charge on any atom is -0.460 e. The molecule has 9 heteroatoms. The van der Waals surface area contributed by atoms with Crippen LogP contribution in [0.25, 0.3) is 0 Å². The van der Waals surface area contributed by atoms with E-state index in [1.807, 2.05) is 6.26 Å². The van der Waals surface area contributed by atoms with Gasteiger partial charge in [-0.1, -0.05) is 23.7 Å². The predicted molar refractivity (Wildman–Crippen MR) is 106 cm³/mol. The number of aromatic nitrogens is 1. The van der Waals surface area contributed by atoms with Gasteiger partial charge >= 0.3 is 5.97 Å². The standard InChI is InChI=1S/C17H17ClFNO3S.2CH3F/c1-24-10-13(16(21)12-3-2-6-20-8-12)17(22)23-9-11-4-5-14(18)15(19)7-11;2*1-2/h2-8,13,16,21H,9-10H2,1H3;2*1H3. The lowest BCUT2D eigenvalue weighted by Crippen LogP contribution is -2.26. The van der Waals surface area contributed by atoms with Crippen LogP contribution in [0.5, 0.6) is 0 Å². The Bertz CT molecular complexity index is 695. The summed E-state index contributed by atoms with van der Waals surface area (Å²) < 4.78 is 37.6. The number of nitrogens with zero attached hydrogens (tertiary/aromatic N) is 1. The van der Waals surface area contributed by atoms with E-state index in [4.69, 9.17) is 16.3 Å². The number of carbonyl (C=O) groups excluding carboxylic acids is 1. The summed E-state index contributed by atoms with van der Waals surface area (Å²) in [4.78, 5) is 16.3. The van der Waals surface area contributed by atoms with Crippen LogP contribution in [0.4, 0.5) is 13.2 Å². The highest BCUT2D eigenvalue weighted by Gasteiger charge is 2.29. The molecule has 1 aromatic heterocycles. The number of carbonyl (C=O) groups is 1. The van der Waals surface area contributed by atoms with Gasteiger partial charge in [0.05, 0.1) is 31.4 Å². The largest absolute Gasteiger partial charge is 0.460 e. The van der Waals surface area contributed by atoms with Crippen LogP contribution in [0.2, 0.25) is 5.02 Å². The zero-order valence-corrected chi connectivity index (χ0v) is 17.3. The molecule has 0 saturated carbocycles. The maximum atomic E-state index is 13.4. The summed E-state index contributed by atoms with van der Waals surface area (Å²) in [5.41, 5.74) is 1.04. The molecule has 1 heterocycles. The van der Waals surface area contributed by atoms with E-state index in [2.05, 4.69) is 4.98 Å². The first kappa shape index (κ1) is 26.2. The SMILES string of the molecule is CF.CF.CSCC(C(=O)OCc1ccc(Cl)c(F)c1)C(O)c1cccnc1. The molecule has 0 bridgehead atoms. The van der Waals surface area contributed by atoms with Gasteiger partial charge in [0, 0.05) is 18.1 Å². The van der Waals surface area contributed by atoms with Crippen molar-refractivity contribution in [3.8, 4) is 0 Å². The fourth-order valence-corrected chi connectivity index (χ4v) is 2.94. The van der Waals surface area contributed by atoms with Crippen molar-refractivity contribution >= 4 is 29.3 Å². The number of halogens is 4. The van der Waals surface area contributed by atoms with Gasteiger partial charge in [-0.2, -0.15) is 11.8 Å². The number of esters is 1. The molecule has 1 aromatic carbocycles. The highest BCUT2D eigenvalue weighted by atomic mass is 35.5. The number of ether oxygens (including phenoxy) is 1. The molecule has 0 spiro atoms. The van der Waals surface area contributed by atoms with E-state index in [0.29, 0.717) is 31.2 Å². The molecular weight excluding hydrogens is 415 g/mol. The number of hydrogen-bond acceptors (Lipinski definition) is 5. The molecule has 0 amide bonds. The third-order valence-corrected chi connectivity index (χ3v) is 4.42. The van der Waals surface area contributed by atoms with Crippen LogP contribution in [0.3, 0.4) is 0 Å². The minimum atomic E-state index is -1.01. The molecule has 0 saturated heterocycles. The highest BCUT2D eigenvalue weighted by Crippen LogP contribution is 2.26. The van der Waals surface area contributed by atoms with Crippen LogP contribution in [0.1, 0.15) is 17.2 Å². The van der Waals surface area contributed by atoms with Gasteiger partial charge in [-0.05, 0) is 35.6 Å². The monoisotopic (exact) mass is 437 g/mol. The van der Waals surface area contributed by atoms with Crippen molar-refractivity contribution in [2.24, 2.45) is 5.92 Å². The molecule has 0 aliphatic rings. The summed E-state index contributed by atoms with van der Waals surface area (Å²) in [5.74, 6) is -1.46. The molecule has 0 aliphatic heterocycles. The van der Waals surface area contributed by atoms with Crippen LogP contribution >= 0.6 is 23.4 Å². The molecule has 2 aromatic rings. The molecular formula is C19H23ClF3NO3S. The summed E-state index contributed by atoms with van der Waals surface area (Å²) in [6.45, 7) is -0.0858. The second-order valence-corrected chi connectivity index (χ2v) is 6.47. The minimum absolute atomic E-state index is 0.0114.